The molecule has 0 fully saturated rings. The summed E-state index contributed by atoms with van der Waals surface area (Å²) >= 11 is 6.30. The van der Waals surface area contributed by atoms with Gasteiger partial charge in [0.05, 0.1) is 0 Å². The van der Waals surface area contributed by atoms with Crippen LogP contribution in [0.4, 0.5) is 0 Å². The van der Waals surface area contributed by atoms with Crippen LogP contribution in [0, 0.1) is 0 Å². The zero-order valence-corrected chi connectivity index (χ0v) is 25.5. The van der Waals surface area contributed by atoms with E-state index < -0.39 is 0 Å². The maximum Gasteiger partial charge on any atom is 0.164 e. The van der Waals surface area contributed by atoms with E-state index in [2.05, 4.69) is 60.7 Å². The highest BCUT2D eigenvalue weighted by Gasteiger charge is 2.18. The average Bonchev–Trinajstić information content (AvgIpc) is 3.68. The fourth-order valence-electron chi connectivity index (χ4n) is 6.75. The van der Waals surface area contributed by atoms with E-state index in [0.717, 1.165) is 82.1 Å². The van der Waals surface area contributed by atoms with Gasteiger partial charge in [-0.25, -0.2) is 15.0 Å². The van der Waals surface area contributed by atoms with Crippen molar-refractivity contribution in [1.29, 1.82) is 0 Å². The van der Waals surface area contributed by atoms with Gasteiger partial charge in [0.25, 0.3) is 0 Å². The standard InChI is InChI=1S/C41H22ClN3O2/c42-27-16-17-31-37(22-27)47-36-19-14-24-12-13-25(20-32(24)38(31)36)39-43-40(26-15-18-35-33(21-26)29-9-3-4-11-34(29)46-35)45-41(44-39)30-10-5-7-23-6-1-2-8-28(23)30/h1-22H. The Balaban J connectivity index is 1.23. The van der Waals surface area contributed by atoms with Crippen LogP contribution >= 0.6 is 11.6 Å². The third-order valence-electron chi connectivity index (χ3n) is 8.98. The molecule has 0 N–H and O–H groups in total. The third-order valence-corrected chi connectivity index (χ3v) is 9.21. The molecule has 220 valence electrons. The van der Waals surface area contributed by atoms with Crippen LogP contribution in [-0.4, -0.2) is 15.0 Å². The molecule has 0 radical (unpaired) electrons. The van der Waals surface area contributed by atoms with Gasteiger partial charge in [-0.15, -0.1) is 0 Å². The van der Waals surface area contributed by atoms with Crippen LogP contribution in [0.15, 0.2) is 142 Å². The van der Waals surface area contributed by atoms with Gasteiger partial charge >= 0.3 is 0 Å². The summed E-state index contributed by atoms with van der Waals surface area (Å²) in [4.78, 5) is 15.3. The molecule has 6 heteroatoms. The van der Waals surface area contributed by atoms with Crippen molar-refractivity contribution in [2.45, 2.75) is 0 Å². The second kappa shape index (κ2) is 9.98. The Morgan fingerprint density at radius 1 is 0.404 bits per heavy atom. The van der Waals surface area contributed by atoms with Crippen molar-refractivity contribution in [3.63, 3.8) is 0 Å². The average molecular weight is 624 g/mol. The lowest BCUT2D eigenvalue weighted by molar-refractivity contribution is 0.668. The van der Waals surface area contributed by atoms with Gasteiger partial charge in [-0.05, 0) is 70.1 Å². The van der Waals surface area contributed by atoms with Crippen LogP contribution < -0.4 is 0 Å². The molecule has 10 aromatic rings. The zero-order valence-electron chi connectivity index (χ0n) is 24.7. The Morgan fingerprint density at radius 3 is 1.94 bits per heavy atom. The number of halogens is 1. The molecule has 0 saturated carbocycles. The predicted molar refractivity (Wildman–Crippen MR) is 191 cm³/mol. The Bertz CT molecular complexity index is 2880. The number of rotatable bonds is 3. The maximum absolute atomic E-state index is 6.30. The summed E-state index contributed by atoms with van der Waals surface area (Å²) < 4.78 is 12.3. The normalized spacial score (nSPS) is 11.9. The minimum atomic E-state index is 0.588. The van der Waals surface area contributed by atoms with Crippen molar-refractivity contribution in [3.05, 3.63) is 138 Å². The molecular weight excluding hydrogens is 602 g/mol. The molecule has 0 aliphatic rings. The molecule has 0 atom stereocenters. The van der Waals surface area contributed by atoms with Crippen LogP contribution in [0.3, 0.4) is 0 Å². The van der Waals surface area contributed by atoms with E-state index >= 15 is 0 Å². The molecule has 5 nitrogen and oxygen atoms in total. The van der Waals surface area contributed by atoms with Crippen molar-refractivity contribution in [3.8, 4) is 34.2 Å². The first-order chi connectivity index (χ1) is 23.2. The van der Waals surface area contributed by atoms with Gasteiger partial charge in [0.2, 0.25) is 0 Å². The quantitative estimate of drug-likeness (QED) is 0.196. The molecule has 47 heavy (non-hydrogen) atoms. The van der Waals surface area contributed by atoms with E-state index in [1.807, 2.05) is 72.8 Å². The van der Waals surface area contributed by atoms with E-state index in [-0.39, 0.29) is 0 Å². The maximum atomic E-state index is 6.30. The SMILES string of the molecule is Clc1ccc2c(c1)oc1ccc3ccc(-c4nc(-c5ccc6oc7ccccc7c6c5)nc(-c5cccc6ccccc56)n4)cc3c12. The lowest BCUT2D eigenvalue weighted by atomic mass is 10.0. The second-order valence-corrected chi connectivity index (χ2v) is 12.2. The van der Waals surface area contributed by atoms with Crippen molar-refractivity contribution < 1.29 is 8.83 Å². The Hall–Kier alpha value is -6.04. The second-order valence-electron chi connectivity index (χ2n) is 11.8. The molecule has 0 bridgehead atoms. The Kier molecular flexibility index (Phi) is 5.56. The fraction of sp³-hybridized carbons (Fsp3) is 0. The van der Waals surface area contributed by atoms with Crippen LogP contribution in [0.5, 0.6) is 0 Å². The molecule has 3 heterocycles. The number of benzene rings is 7. The summed E-state index contributed by atoms with van der Waals surface area (Å²) in [6, 6.07) is 45.0. The first kappa shape index (κ1) is 26.2. The minimum Gasteiger partial charge on any atom is -0.456 e. The monoisotopic (exact) mass is 623 g/mol. The van der Waals surface area contributed by atoms with Gasteiger partial charge in [0.1, 0.15) is 22.3 Å². The number of hydrogen-bond donors (Lipinski definition) is 0. The van der Waals surface area contributed by atoms with Crippen molar-refractivity contribution in [2.24, 2.45) is 0 Å². The van der Waals surface area contributed by atoms with Crippen LogP contribution in [-0.2, 0) is 0 Å². The highest BCUT2D eigenvalue weighted by Crippen LogP contribution is 2.38. The Labute approximate surface area is 272 Å². The highest BCUT2D eigenvalue weighted by molar-refractivity contribution is 6.32. The van der Waals surface area contributed by atoms with E-state index in [4.69, 9.17) is 35.4 Å². The lowest BCUT2D eigenvalue weighted by Gasteiger charge is -2.11. The number of aromatic nitrogens is 3. The van der Waals surface area contributed by atoms with Gasteiger partial charge in [0.15, 0.2) is 17.5 Å². The molecular formula is C41H22ClN3O2. The molecule has 3 aromatic heterocycles. The summed E-state index contributed by atoms with van der Waals surface area (Å²) in [6.45, 7) is 0. The number of fused-ring (bicyclic) bond motifs is 9. The molecule has 0 spiro atoms. The molecule has 10 rings (SSSR count). The predicted octanol–water partition coefficient (Wildman–Crippen LogP) is 11.6. The van der Waals surface area contributed by atoms with Crippen molar-refractivity contribution in [2.75, 3.05) is 0 Å². The van der Waals surface area contributed by atoms with E-state index in [0.29, 0.717) is 22.5 Å². The largest absolute Gasteiger partial charge is 0.456 e. The van der Waals surface area contributed by atoms with Crippen molar-refractivity contribution in [1.82, 2.24) is 15.0 Å². The fourth-order valence-corrected chi connectivity index (χ4v) is 6.91. The molecule has 0 saturated heterocycles. The topological polar surface area (TPSA) is 65.0 Å². The number of nitrogens with zero attached hydrogens (tertiary/aromatic N) is 3. The highest BCUT2D eigenvalue weighted by atomic mass is 35.5. The van der Waals surface area contributed by atoms with Gasteiger partial charge < -0.3 is 8.83 Å². The van der Waals surface area contributed by atoms with Gasteiger partial charge in [-0.1, -0.05) is 90.5 Å². The minimum absolute atomic E-state index is 0.588. The van der Waals surface area contributed by atoms with Gasteiger partial charge in [-0.2, -0.15) is 0 Å². The summed E-state index contributed by atoms with van der Waals surface area (Å²) in [5, 5.41) is 9.13. The Morgan fingerprint density at radius 2 is 1.04 bits per heavy atom. The van der Waals surface area contributed by atoms with Crippen molar-refractivity contribution >= 4 is 77.0 Å². The van der Waals surface area contributed by atoms with E-state index in [9.17, 15) is 0 Å². The lowest BCUT2D eigenvalue weighted by Crippen LogP contribution is -2.00. The summed E-state index contributed by atoms with van der Waals surface area (Å²) in [5.74, 6) is 1.79. The van der Waals surface area contributed by atoms with Gasteiger partial charge in [-0.3, -0.25) is 0 Å². The summed E-state index contributed by atoms with van der Waals surface area (Å²) in [6.07, 6.45) is 0. The van der Waals surface area contributed by atoms with Gasteiger partial charge in [0, 0.05) is 49.3 Å². The van der Waals surface area contributed by atoms with E-state index in [1.54, 1.807) is 0 Å². The first-order valence-corrected chi connectivity index (χ1v) is 15.7. The summed E-state index contributed by atoms with van der Waals surface area (Å²) in [7, 11) is 0. The van der Waals surface area contributed by atoms with E-state index in [1.165, 1.54) is 0 Å². The molecule has 7 aromatic carbocycles. The number of furan rings is 2. The van der Waals surface area contributed by atoms with Crippen LogP contribution in [0.1, 0.15) is 0 Å². The smallest absolute Gasteiger partial charge is 0.164 e. The third kappa shape index (κ3) is 4.14. The molecule has 0 aliphatic heterocycles. The number of para-hydroxylation sites is 1. The number of hydrogen-bond acceptors (Lipinski definition) is 5. The zero-order chi connectivity index (χ0) is 31.1. The molecule has 0 unspecified atom stereocenters. The van der Waals surface area contributed by atoms with Crippen LogP contribution in [0.2, 0.25) is 5.02 Å². The first-order valence-electron chi connectivity index (χ1n) is 15.4. The summed E-state index contributed by atoms with van der Waals surface area (Å²) in [5.41, 5.74) is 5.95. The van der Waals surface area contributed by atoms with Crippen LogP contribution in [0.25, 0.3) is 99.6 Å². The molecule has 0 amide bonds. The molecule has 0 aliphatic carbocycles.